The summed E-state index contributed by atoms with van der Waals surface area (Å²) in [5.74, 6) is 0. The number of hydrogen-bond donors (Lipinski definition) is 0. The monoisotopic (exact) mass is 268 g/mol. The first-order valence-corrected chi connectivity index (χ1v) is 6.80. The number of nitrogens with zero attached hydrogens (tertiary/aromatic N) is 2. The Morgan fingerprint density at radius 3 is 2.75 bits per heavy atom. The lowest BCUT2D eigenvalue weighted by atomic mass is 10.0. The van der Waals surface area contributed by atoms with Crippen LogP contribution in [0.25, 0.3) is 10.8 Å². The maximum Gasteiger partial charge on any atom is 0.258 e. The van der Waals surface area contributed by atoms with Crippen molar-refractivity contribution in [2.24, 2.45) is 12.0 Å². The van der Waals surface area contributed by atoms with Gasteiger partial charge < -0.3 is 4.57 Å². The summed E-state index contributed by atoms with van der Waals surface area (Å²) >= 11 is 0. The van der Waals surface area contributed by atoms with Crippen LogP contribution in [0.4, 0.5) is 0 Å². The Kier molecular flexibility index (Phi) is 4.18. The molecule has 0 bridgehead atoms. The van der Waals surface area contributed by atoms with E-state index in [1.165, 1.54) is 5.57 Å². The second-order valence-electron chi connectivity index (χ2n) is 4.99. The molecule has 0 saturated carbocycles. The molecule has 0 N–H and O–H groups in total. The molecule has 0 atom stereocenters. The SMILES string of the molecule is CC/C(C)=C\C(=NC)c1ccc2ccn(C)c(=O)c2c1. The minimum atomic E-state index is 0.0241. The van der Waals surface area contributed by atoms with Crippen molar-refractivity contribution < 1.29 is 0 Å². The number of aliphatic imine (C=N–C) groups is 1. The fourth-order valence-corrected chi connectivity index (χ4v) is 2.11. The highest BCUT2D eigenvalue weighted by Crippen LogP contribution is 2.14. The average molecular weight is 268 g/mol. The quantitative estimate of drug-likeness (QED) is 0.786. The van der Waals surface area contributed by atoms with Crippen molar-refractivity contribution >= 4 is 16.5 Å². The summed E-state index contributed by atoms with van der Waals surface area (Å²) in [6, 6.07) is 7.88. The summed E-state index contributed by atoms with van der Waals surface area (Å²) in [5, 5.41) is 1.69. The lowest BCUT2D eigenvalue weighted by Crippen LogP contribution is -2.15. The van der Waals surface area contributed by atoms with E-state index in [4.69, 9.17) is 0 Å². The van der Waals surface area contributed by atoms with Crippen molar-refractivity contribution in [3.05, 3.63) is 58.0 Å². The lowest BCUT2D eigenvalue weighted by molar-refractivity contribution is 0.873. The van der Waals surface area contributed by atoms with Crippen LogP contribution in [0.3, 0.4) is 0 Å². The van der Waals surface area contributed by atoms with Crippen LogP contribution in [-0.2, 0) is 7.05 Å². The Morgan fingerprint density at radius 1 is 1.35 bits per heavy atom. The van der Waals surface area contributed by atoms with Gasteiger partial charge in [-0.05, 0) is 36.9 Å². The predicted octanol–water partition coefficient (Wildman–Crippen LogP) is 3.31. The van der Waals surface area contributed by atoms with Crippen LogP contribution >= 0.6 is 0 Å². The molecule has 0 aliphatic rings. The Balaban J connectivity index is 2.62. The number of fused-ring (bicyclic) bond motifs is 1. The van der Waals surface area contributed by atoms with E-state index in [1.54, 1.807) is 24.9 Å². The highest BCUT2D eigenvalue weighted by molar-refractivity contribution is 6.10. The zero-order valence-corrected chi connectivity index (χ0v) is 12.5. The summed E-state index contributed by atoms with van der Waals surface area (Å²) in [5.41, 5.74) is 3.19. The summed E-state index contributed by atoms with van der Waals surface area (Å²) in [6.07, 6.45) is 4.86. The van der Waals surface area contributed by atoms with Crippen molar-refractivity contribution in [3.8, 4) is 0 Å². The van der Waals surface area contributed by atoms with Gasteiger partial charge in [0.25, 0.3) is 5.56 Å². The molecule has 0 aliphatic carbocycles. The van der Waals surface area contributed by atoms with Gasteiger partial charge >= 0.3 is 0 Å². The molecule has 0 radical (unpaired) electrons. The van der Waals surface area contributed by atoms with Gasteiger partial charge in [0.15, 0.2) is 0 Å². The molecule has 0 spiro atoms. The van der Waals surface area contributed by atoms with E-state index < -0.39 is 0 Å². The summed E-state index contributed by atoms with van der Waals surface area (Å²) in [7, 11) is 3.55. The molecule has 2 aromatic rings. The predicted molar refractivity (Wildman–Crippen MR) is 85.7 cm³/mol. The third kappa shape index (κ3) is 2.72. The maximum atomic E-state index is 12.2. The van der Waals surface area contributed by atoms with Gasteiger partial charge in [0, 0.05) is 31.2 Å². The number of aryl methyl sites for hydroxylation is 1. The van der Waals surface area contributed by atoms with Crippen LogP contribution in [0.15, 0.2) is 51.9 Å². The van der Waals surface area contributed by atoms with Gasteiger partial charge in [-0.2, -0.15) is 0 Å². The van der Waals surface area contributed by atoms with Crippen LogP contribution in [-0.4, -0.2) is 17.3 Å². The van der Waals surface area contributed by atoms with Crippen molar-refractivity contribution in [2.75, 3.05) is 7.05 Å². The van der Waals surface area contributed by atoms with E-state index in [1.807, 2.05) is 24.3 Å². The second-order valence-corrected chi connectivity index (χ2v) is 4.99. The first kappa shape index (κ1) is 14.3. The van der Waals surface area contributed by atoms with Crippen LogP contribution in [0.1, 0.15) is 25.8 Å². The van der Waals surface area contributed by atoms with Crippen LogP contribution < -0.4 is 5.56 Å². The van der Waals surface area contributed by atoms with E-state index in [0.717, 1.165) is 28.5 Å². The topological polar surface area (TPSA) is 34.4 Å². The fourth-order valence-electron chi connectivity index (χ4n) is 2.11. The van der Waals surface area contributed by atoms with Gasteiger partial charge in [0.1, 0.15) is 0 Å². The smallest absolute Gasteiger partial charge is 0.258 e. The normalized spacial score (nSPS) is 13.0. The molecule has 0 aliphatic heterocycles. The molecule has 0 fully saturated rings. The molecule has 1 aromatic heterocycles. The molecule has 1 heterocycles. The van der Waals surface area contributed by atoms with Crippen LogP contribution in [0.5, 0.6) is 0 Å². The fraction of sp³-hybridized carbons (Fsp3) is 0.294. The second kappa shape index (κ2) is 5.87. The lowest BCUT2D eigenvalue weighted by Gasteiger charge is -2.06. The standard InChI is InChI=1S/C17H20N2O/c1-5-12(2)10-16(18-3)14-7-6-13-8-9-19(4)17(20)15(13)11-14/h6-11H,5H2,1-4H3/b12-10-,18-16?. The molecule has 20 heavy (non-hydrogen) atoms. The number of benzene rings is 1. The largest absolute Gasteiger partial charge is 0.318 e. The number of rotatable bonds is 3. The van der Waals surface area contributed by atoms with E-state index in [9.17, 15) is 4.79 Å². The first-order valence-electron chi connectivity index (χ1n) is 6.80. The zero-order chi connectivity index (χ0) is 14.7. The molecule has 1 aromatic carbocycles. The summed E-state index contributed by atoms with van der Waals surface area (Å²) in [6.45, 7) is 4.21. The van der Waals surface area contributed by atoms with E-state index in [2.05, 4.69) is 24.9 Å². The molecular formula is C17H20N2O. The van der Waals surface area contributed by atoms with E-state index >= 15 is 0 Å². The zero-order valence-electron chi connectivity index (χ0n) is 12.5. The van der Waals surface area contributed by atoms with Gasteiger partial charge in [-0.15, -0.1) is 0 Å². The highest BCUT2D eigenvalue weighted by Gasteiger charge is 2.05. The van der Waals surface area contributed by atoms with Crippen molar-refractivity contribution in [2.45, 2.75) is 20.3 Å². The molecule has 0 amide bonds. The molecule has 3 nitrogen and oxygen atoms in total. The van der Waals surface area contributed by atoms with Crippen molar-refractivity contribution in [3.63, 3.8) is 0 Å². The molecular weight excluding hydrogens is 248 g/mol. The minimum Gasteiger partial charge on any atom is -0.318 e. The Bertz CT molecular complexity index is 751. The average Bonchev–Trinajstić information content (AvgIpc) is 2.48. The number of hydrogen-bond acceptors (Lipinski definition) is 2. The van der Waals surface area contributed by atoms with Gasteiger partial charge in [0.05, 0.1) is 5.71 Å². The molecule has 2 rings (SSSR count). The minimum absolute atomic E-state index is 0.0241. The molecule has 104 valence electrons. The van der Waals surface area contributed by atoms with Crippen molar-refractivity contribution in [1.29, 1.82) is 0 Å². The molecule has 0 saturated heterocycles. The maximum absolute atomic E-state index is 12.2. The summed E-state index contributed by atoms with van der Waals surface area (Å²) < 4.78 is 1.60. The van der Waals surface area contributed by atoms with Crippen LogP contribution in [0, 0.1) is 0 Å². The molecule has 0 unspecified atom stereocenters. The number of aromatic nitrogens is 1. The van der Waals surface area contributed by atoms with Crippen molar-refractivity contribution in [1.82, 2.24) is 4.57 Å². The van der Waals surface area contributed by atoms with Gasteiger partial charge in [0.2, 0.25) is 0 Å². The number of allylic oxidation sites excluding steroid dienone is 2. The Labute approximate surface area is 119 Å². The Morgan fingerprint density at radius 2 is 2.10 bits per heavy atom. The Hall–Kier alpha value is -2.16. The van der Waals surface area contributed by atoms with Gasteiger partial charge in [-0.3, -0.25) is 9.79 Å². The van der Waals surface area contributed by atoms with E-state index in [0.29, 0.717) is 0 Å². The van der Waals surface area contributed by atoms with Gasteiger partial charge in [-0.25, -0.2) is 0 Å². The third-order valence-corrected chi connectivity index (χ3v) is 3.56. The summed E-state index contributed by atoms with van der Waals surface area (Å²) in [4.78, 5) is 16.5. The molecule has 3 heteroatoms. The van der Waals surface area contributed by atoms with Crippen LogP contribution in [0.2, 0.25) is 0 Å². The third-order valence-electron chi connectivity index (χ3n) is 3.56. The first-order chi connectivity index (χ1) is 9.56. The highest BCUT2D eigenvalue weighted by atomic mass is 16.1. The van der Waals surface area contributed by atoms with Gasteiger partial charge in [-0.1, -0.05) is 24.6 Å². The number of pyridine rings is 1. The van der Waals surface area contributed by atoms with E-state index in [-0.39, 0.29) is 5.56 Å².